The van der Waals surface area contributed by atoms with Crippen LogP contribution in [0.1, 0.15) is 43.4 Å². The maximum Gasteiger partial charge on any atom is 0.490 e. The molecule has 1 fully saturated rings. The zero-order chi connectivity index (χ0) is 26.5. The van der Waals surface area contributed by atoms with Crippen molar-refractivity contribution in [3.05, 3.63) is 29.3 Å². The number of carbonyl (C=O) groups is 4. The molecular weight excluding hydrogens is 489 g/mol. The molecule has 4 N–H and O–H groups in total. The minimum absolute atomic E-state index is 0.117. The van der Waals surface area contributed by atoms with Crippen molar-refractivity contribution in [1.82, 2.24) is 15.2 Å². The van der Waals surface area contributed by atoms with Gasteiger partial charge in [-0.3, -0.25) is 14.4 Å². The van der Waals surface area contributed by atoms with E-state index in [0.29, 0.717) is 18.0 Å². The maximum absolute atomic E-state index is 13.2. The van der Waals surface area contributed by atoms with Crippen molar-refractivity contribution in [3.8, 4) is 0 Å². The van der Waals surface area contributed by atoms with Crippen LogP contribution in [0.25, 0.3) is 10.2 Å². The van der Waals surface area contributed by atoms with E-state index >= 15 is 0 Å². The predicted molar refractivity (Wildman–Crippen MR) is 123 cm³/mol. The summed E-state index contributed by atoms with van der Waals surface area (Å²) in [6.07, 6.45) is -3.73. The highest BCUT2D eigenvalue weighted by molar-refractivity contribution is 7.20. The number of benzene rings is 1. The molecular formula is C22H27F3N4O5S. The molecule has 0 bridgehead atoms. The van der Waals surface area contributed by atoms with Gasteiger partial charge in [0.05, 0.1) is 22.3 Å². The molecule has 192 valence electrons. The van der Waals surface area contributed by atoms with Crippen LogP contribution in [0.15, 0.2) is 24.3 Å². The van der Waals surface area contributed by atoms with Gasteiger partial charge in [-0.05, 0) is 37.8 Å². The lowest BCUT2D eigenvalue weighted by Gasteiger charge is -2.30. The summed E-state index contributed by atoms with van der Waals surface area (Å²) in [5.41, 5.74) is 6.42. The molecule has 0 aliphatic carbocycles. The molecule has 1 aromatic heterocycles. The van der Waals surface area contributed by atoms with Crippen LogP contribution in [0, 0.1) is 5.92 Å². The van der Waals surface area contributed by atoms with E-state index in [1.54, 1.807) is 11.8 Å². The number of ketones is 1. The number of nitrogens with one attached hydrogen (secondary N) is 1. The van der Waals surface area contributed by atoms with Crippen molar-refractivity contribution in [3.63, 3.8) is 0 Å². The summed E-state index contributed by atoms with van der Waals surface area (Å²) in [6.45, 7) is 5.80. The summed E-state index contributed by atoms with van der Waals surface area (Å²) in [4.78, 5) is 53.2. The number of rotatable bonds is 6. The Balaban J connectivity index is 0.000000540. The Morgan fingerprint density at radius 2 is 1.80 bits per heavy atom. The molecule has 0 radical (unpaired) electrons. The SMILES string of the molecule is CC(C)[C@H](NC(=O)[C@H](C)N)C(=O)N1CCC[C@H]1C(=O)c1nc2ccccc2s1.O=C(O)C(F)(F)F. The van der Waals surface area contributed by atoms with E-state index in [1.807, 2.05) is 38.1 Å². The number of hydrogen-bond donors (Lipinski definition) is 3. The number of nitrogens with two attached hydrogens (primary N) is 1. The van der Waals surface area contributed by atoms with E-state index in [9.17, 15) is 27.6 Å². The van der Waals surface area contributed by atoms with Gasteiger partial charge in [0.25, 0.3) is 0 Å². The van der Waals surface area contributed by atoms with Crippen LogP contribution in [-0.2, 0) is 14.4 Å². The normalized spacial score (nSPS) is 17.5. The highest BCUT2D eigenvalue weighted by atomic mass is 32.1. The van der Waals surface area contributed by atoms with E-state index < -0.39 is 30.3 Å². The molecule has 1 saturated heterocycles. The number of carboxylic acids is 1. The number of carbonyl (C=O) groups excluding carboxylic acids is 3. The van der Waals surface area contributed by atoms with Crippen molar-refractivity contribution in [2.75, 3.05) is 6.54 Å². The summed E-state index contributed by atoms with van der Waals surface area (Å²) in [5, 5.41) is 10.3. The fourth-order valence-corrected chi connectivity index (χ4v) is 4.35. The molecule has 0 saturated carbocycles. The van der Waals surface area contributed by atoms with Gasteiger partial charge in [-0.15, -0.1) is 11.3 Å². The summed E-state index contributed by atoms with van der Waals surface area (Å²) < 4.78 is 32.7. The molecule has 9 nitrogen and oxygen atoms in total. The molecule has 2 aromatic rings. The second kappa shape index (κ2) is 11.6. The fraction of sp³-hybridized carbons (Fsp3) is 0.500. The number of likely N-dealkylation sites (tertiary alicyclic amines) is 1. The quantitative estimate of drug-likeness (QED) is 0.501. The number of halogens is 3. The molecule has 35 heavy (non-hydrogen) atoms. The Labute approximate surface area is 203 Å². The van der Waals surface area contributed by atoms with Gasteiger partial charge in [-0.1, -0.05) is 26.0 Å². The smallest absolute Gasteiger partial charge is 0.475 e. The highest BCUT2D eigenvalue weighted by Gasteiger charge is 2.40. The van der Waals surface area contributed by atoms with Gasteiger partial charge in [0, 0.05) is 6.54 Å². The van der Waals surface area contributed by atoms with E-state index in [-0.39, 0.29) is 23.5 Å². The summed E-state index contributed by atoms with van der Waals surface area (Å²) in [6, 6.07) is 5.65. The van der Waals surface area contributed by atoms with Crippen LogP contribution in [-0.4, -0.2) is 69.4 Å². The Hall–Kier alpha value is -3.06. The highest BCUT2D eigenvalue weighted by Crippen LogP contribution is 2.28. The molecule has 0 spiro atoms. The van der Waals surface area contributed by atoms with E-state index in [1.165, 1.54) is 11.3 Å². The average Bonchev–Trinajstić information content (AvgIpc) is 3.43. The molecule has 0 unspecified atom stereocenters. The maximum atomic E-state index is 13.2. The number of aliphatic carboxylic acids is 1. The number of para-hydroxylation sites is 1. The van der Waals surface area contributed by atoms with Crippen molar-refractivity contribution in [1.29, 1.82) is 0 Å². The van der Waals surface area contributed by atoms with Crippen LogP contribution in [0.4, 0.5) is 13.2 Å². The molecule has 2 heterocycles. The number of hydrogen-bond acceptors (Lipinski definition) is 7. The van der Waals surface area contributed by atoms with Gasteiger partial charge < -0.3 is 21.1 Å². The van der Waals surface area contributed by atoms with Crippen molar-refractivity contribution < 1.29 is 37.5 Å². The molecule has 3 atom stereocenters. The van der Waals surface area contributed by atoms with Crippen LogP contribution < -0.4 is 11.1 Å². The van der Waals surface area contributed by atoms with Gasteiger partial charge in [0.2, 0.25) is 17.6 Å². The predicted octanol–water partition coefficient (Wildman–Crippen LogP) is 2.59. The monoisotopic (exact) mass is 516 g/mol. The standard InChI is InChI=1S/C20H26N4O3S.C2HF3O2/c1-11(2)16(23-18(26)12(3)21)20(27)24-10-6-8-14(24)17(25)19-22-13-7-4-5-9-15(13)28-19;3-2(4,5)1(6)7/h4-5,7,9,11-12,14,16H,6,8,10,21H2,1-3H3,(H,23,26);(H,6,7)/t12-,14-,16-;/m0./s1. The third-order valence-electron chi connectivity index (χ3n) is 5.23. The lowest BCUT2D eigenvalue weighted by Crippen LogP contribution is -2.56. The first kappa shape index (κ1) is 28.2. The van der Waals surface area contributed by atoms with Crippen LogP contribution in [0.5, 0.6) is 0 Å². The second-order valence-corrected chi connectivity index (χ2v) is 9.39. The lowest BCUT2D eigenvalue weighted by molar-refractivity contribution is -0.192. The number of fused-ring (bicyclic) bond motifs is 1. The zero-order valence-corrected chi connectivity index (χ0v) is 20.2. The van der Waals surface area contributed by atoms with Crippen LogP contribution in [0.2, 0.25) is 0 Å². The minimum atomic E-state index is -5.08. The second-order valence-electron chi connectivity index (χ2n) is 8.36. The average molecular weight is 517 g/mol. The number of aromatic nitrogens is 1. The van der Waals surface area contributed by atoms with Crippen LogP contribution in [0.3, 0.4) is 0 Å². The van der Waals surface area contributed by atoms with Gasteiger partial charge >= 0.3 is 12.1 Å². The summed E-state index contributed by atoms with van der Waals surface area (Å²) in [7, 11) is 0. The molecule has 1 aromatic carbocycles. The van der Waals surface area contributed by atoms with E-state index in [4.69, 9.17) is 15.6 Å². The number of thiazole rings is 1. The molecule has 3 rings (SSSR count). The first-order valence-corrected chi connectivity index (χ1v) is 11.6. The topological polar surface area (TPSA) is 143 Å². The number of carboxylic acid groups (broad SMARTS) is 1. The number of alkyl halides is 3. The third kappa shape index (κ3) is 7.21. The Morgan fingerprint density at radius 1 is 1.20 bits per heavy atom. The van der Waals surface area contributed by atoms with E-state index in [2.05, 4.69) is 10.3 Å². The number of nitrogens with zero attached hydrogens (tertiary/aromatic N) is 2. The molecule has 1 aliphatic heterocycles. The van der Waals surface area contributed by atoms with Crippen molar-refractivity contribution in [2.45, 2.75) is 57.9 Å². The Bertz CT molecular complexity index is 1050. The minimum Gasteiger partial charge on any atom is -0.475 e. The van der Waals surface area contributed by atoms with Gasteiger partial charge in [-0.25, -0.2) is 9.78 Å². The van der Waals surface area contributed by atoms with Crippen molar-refractivity contribution >= 4 is 45.1 Å². The van der Waals surface area contributed by atoms with Gasteiger partial charge in [-0.2, -0.15) is 13.2 Å². The fourth-order valence-electron chi connectivity index (χ4n) is 3.40. The number of Topliss-reactive ketones (excluding diaryl/α,β-unsaturated/α-hetero) is 1. The molecule has 13 heteroatoms. The third-order valence-corrected chi connectivity index (χ3v) is 6.28. The first-order chi connectivity index (χ1) is 16.2. The first-order valence-electron chi connectivity index (χ1n) is 10.8. The van der Waals surface area contributed by atoms with Crippen molar-refractivity contribution in [2.24, 2.45) is 11.7 Å². The van der Waals surface area contributed by atoms with Gasteiger partial charge in [0.15, 0.2) is 5.01 Å². The Kier molecular flexibility index (Phi) is 9.32. The zero-order valence-electron chi connectivity index (χ0n) is 19.3. The molecule has 1 aliphatic rings. The Morgan fingerprint density at radius 3 is 2.31 bits per heavy atom. The summed E-state index contributed by atoms with van der Waals surface area (Å²) in [5.74, 6) is -3.61. The summed E-state index contributed by atoms with van der Waals surface area (Å²) >= 11 is 1.35. The largest absolute Gasteiger partial charge is 0.490 e. The van der Waals surface area contributed by atoms with Crippen LogP contribution >= 0.6 is 11.3 Å². The van der Waals surface area contributed by atoms with E-state index in [0.717, 1.165) is 16.6 Å². The lowest BCUT2D eigenvalue weighted by atomic mass is 10.0. The van der Waals surface area contributed by atoms with Gasteiger partial charge in [0.1, 0.15) is 6.04 Å². The number of amides is 2. The molecule has 2 amide bonds.